The van der Waals surface area contributed by atoms with Gasteiger partial charge in [-0.2, -0.15) is 0 Å². The first kappa shape index (κ1) is 13.7. The second-order valence-corrected chi connectivity index (χ2v) is 5.47. The molecule has 1 aromatic carbocycles. The molecular weight excluding hydrogens is 264 g/mol. The zero-order valence-corrected chi connectivity index (χ0v) is 12.2. The molecule has 0 bridgehead atoms. The lowest BCUT2D eigenvalue weighted by molar-refractivity contribution is 0.0685. The third-order valence-electron chi connectivity index (χ3n) is 4.12. The first-order valence-electron chi connectivity index (χ1n) is 7.36. The highest BCUT2D eigenvalue weighted by Crippen LogP contribution is 2.22. The van der Waals surface area contributed by atoms with Gasteiger partial charge in [-0.25, -0.2) is 0 Å². The maximum atomic E-state index is 12.4. The Morgan fingerprint density at radius 1 is 1.24 bits per heavy atom. The van der Waals surface area contributed by atoms with E-state index < -0.39 is 0 Å². The number of rotatable bonds is 3. The van der Waals surface area contributed by atoms with E-state index >= 15 is 0 Å². The van der Waals surface area contributed by atoms with E-state index in [0.29, 0.717) is 5.76 Å². The molecule has 4 heteroatoms. The van der Waals surface area contributed by atoms with Crippen LogP contribution in [0.15, 0.2) is 53.1 Å². The molecule has 1 aliphatic rings. The average molecular weight is 284 g/mol. The van der Waals surface area contributed by atoms with Gasteiger partial charge < -0.3 is 14.2 Å². The zero-order chi connectivity index (χ0) is 14.7. The zero-order valence-electron chi connectivity index (χ0n) is 12.2. The van der Waals surface area contributed by atoms with Crippen molar-refractivity contribution in [2.45, 2.75) is 18.9 Å². The Morgan fingerprint density at radius 3 is 2.76 bits per heavy atom. The van der Waals surface area contributed by atoms with E-state index in [2.05, 4.69) is 29.2 Å². The highest BCUT2D eigenvalue weighted by Gasteiger charge is 2.27. The van der Waals surface area contributed by atoms with Crippen molar-refractivity contribution in [3.63, 3.8) is 0 Å². The van der Waals surface area contributed by atoms with Crippen molar-refractivity contribution in [1.29, 1.82) is 0 Å². The fourth-order valence-corrected chi connectivity index (χ4v) is 2.88. The summed E-state index contributed by atoms with van der Waals surface area (Å²) in [5, 5.41) is 0. The average Bonchev–Trinajstić information content (AvgIpc) is 3.09. The number of hydrogen-bond acceptors (Lipinski definition) is 3. The molecule has 2 aromatic rings. The van der Waals surface area contributed by atoms with Crippen LogP contribution in [0.3, 0.4) is 0 Å². The molecule has 2 heterocycles. The van der Waals surface area contributed by atoms with Gasteiger partial charge in [0.15, 0.2) is 5.76 Å². The van der Waals surface area contributed by atoms with Crippen LogP contribution in [0.2, 0.25) is 0 Å². The smallest absolute Gasteiger partial charge is 0.289 e. The predicted molar refractivity (Wildman–Crippen MR) is 82.5 cm³/mol. The monoisotopic (exact) mass is 284 g/mol. The molecule has 1 unspecified atom stereocenters. The Balaban J connectivity index is 1.70. The van der Waals surface area contributed by atoms with E-state index in [1.807, 2.05) is 18.0 Å². The van der Waals surface area contributed by atoms with Crippen LogP contribution in [0.4, 0.5) is 5.69 Å². The number of carbonyl (C=O) groups excluding carboxylic acids is 1. The van der Waals surface area contributed by atoms with Crippen LogP contribution in [0.1, 0.15) is 23.4 Å². The summed E-state index contributed by atoms with van der Waals surface area (Å²) in [6.07, 6.45) is 3.67. The van der Waals surface area contributed by atoms with Gasteiger partial charge in [-0.3, -0.25) is 4.79 Å². The number of para-hydroxylation sites is 1. The van der Waals surface area contributed by atoms with Crippen molar-refractivity contribution in [2.75, 3.05) is 25.0 Å². The summed E-state index contributed by atoms with van der Waals surface area (Å²) in [6.45, 7) is 1.91. The Labute approximate surface area is 125 Å². The second-order valence-electron chi connectivity index (χ2n) is 5.47. The Morgan fingerprint density at radius 2 is 2.05 bits per heavy atom. The second kappa shape index (κ2) is 6.04. The van der Waals surface area contributed by atoms with Gasteiger partial charge in [0.25, 0.3) is 5.91 Å². The normalized spacial score (nSPS) is 18.5. The molecule has 4 nitrogen and oxygen atoms in total. The first-order chi connectivity index (χ1) is 10.3. The fraction of sp³-hybridized carbons (Fsp3) is 0.353. The van der Waals surface area contributed by atoms with Crippen molar-refractivity contribution < 1.29 is 9.21 Å². The molecule has 1 amide bonds. The van der Waals surface area contributed by atoms with Gasteiger partial charge in [0.1, 0.15) is 0 Å². The van der Waals surface area contributed by atoms with Crippen molar-refractivity contribution in [3.05, 3.63) is 54.5 Å². The quantitative estimate of drug-likeness (QED) is 0.869. The van der Waals surface area contributed by atoms with Gasteiger partial charge in [0.05, 0.1) is 6.26 Å². The van der Waals surface area contributed by atoms with Crippen LogP contribution in [0.5, 0.6) is 0 Å². The molecule has 110 valence electrons. The molecule has 1 atom stereocenters. The predicted octanol–water partition coefficient (Wildman–Crippen LogP) is 3.02. The largest absolute Gasteiger partial charge is 0.459 e. The molecule has 0 N–H and O–H groups in total. The highest BCUT2D eigenvalue weighted by atomic mass is 16.3. The van der Waals surface area contributed by atoms with Gasteiger partial charge in [-0.1, -0.05) is 18.2 Å². The van der Waals surface area contributed by atoms with E-state index in [0.717, 1.165) is 25.9 Å². The van der Waals surface area contributed by atoms with Gasteiger partial charge in [0.2, 0.25) is 0 Å². The number of anilines is 1. The van der Waals surface area contributed by atoms with Gasteiger partial charge in [0, 0.05) is 31.9 Å². The number of furan rings is 1. The number of benzene rings is 1. The minimum atomic E-state index is -0.0417. The number of amides is 1. The Kier molecular flexibility index (Phi) is 3.95. The Hall–Kier alpha value is -2.23. The number of nitrogens with zero attached hydrogens (tertiary/aromatic N) is 2. The van der Waals surface area contributed by atoms with Crippen molar-refractivity contribution in [2.24, 2.45) is 0 Å². The SMILES string of the molecule is CN(C(=O)c1ccco1)C1CCCN(c2ccccc2)C1. The van der Waals surface area contributed by atoms with Gasteiger partial charge in [-0.15, -0.1) is 0 Å². The van der Waals surface area contributed by atoms with E-state index in [1.165, 1.54) is 12.0 Å². The summed E-state index contributed by atoms with van der Waals surface area (Å²) in [7, 11) is 1.87. The van der Waals surface area contributed by atoms with Crippen LogP contribution < -0.4 is 4.90 Å². The molecule has 21 heavy (non-hydrogen) atoms. The molecule has 1 fully saturated rings. The lowest BCUT2D eigenvalue weighted by Crippen LogP contribution is -2.48. The molecule has 1 aliphatic heterocycles. The van der Waals surface area contributed by atoms with Crippen LogP contribution in [0.25, 0.3) is 0 Å². The van der Waals surface area contributed by atoms with E-state index in [9.17, 15) is 4.79 Å². The molecular formula is C17H20N2O2. The summed E-state index contributed by atoms with van der Waals surface area (Å²) in [5.74, 6) is 0.370. The van der Waals surface area contributed by atoms with Crippen LogP contribution in [0, 0.1) is 0 Å². The third-order valence-corrected chi connectivity index (χ3v) is 4.12. The van der Waals surface area contributed by atoms with E-state index in [1.54, 1.807) is 12.1 Å². The first-order valence-corrected chi connectivity index (χ1v) is 7.36. The lowest BCUT2D eigenvalue weighted by atomic mass is 10.0. The van der Waals surface area contributed by atoms with Crippen molar-refractivity contribution in [3.8, 4) is 0 Å². The maximum Gasteiger partial charge on any atom is 0.289 e. The molecule has 0 spiro atoms. The number of piperidine rings is 1. The molecule has 0 aliphatic carbocycles. The maximum absolute atomic E-state index is 12.4. The molecule has 0 saturated carbocycles. The molecule has 3 rings (SSSR count). The summed E-state index contributed by atoms with van der Waals surface area (Å²) < 4.78 is 5.21. The minimum absolute atomic E-state index is 0.0417. The van der Waals surface area contributed by atoms with Crippen LogP contribution in [-0.4, -0.2) is 37.0 Å². The summed E-state index contributed by atoms with van der Waals surface area (Å²) in [5.41, 5.74) is 1.22. The molecule has 1 saturated heterocycles. The summed E-state index contributed by atoms with van der Waals surface area (Å²) in [6, 6.07) is 14.1. The lowest BCUT2D eigenvalue weighted by Gasteiger charge is -2.38. The standard InChI is InChI=1S/C17H20N2O2/c1-18(17(20)16-10-6-12-21-16)15-9-5-11-19(13-15)14-7-3-2-4-8-14/h2-4,6-8,10,12,15H,5,9,11,13H2,1H3. The number of hydrogen-bond donors (Lipinski definition) is 0. The molecule has 0 radical (unpaired) electrons. The van der Waals surface area contributed by atoms with Crippen LogP contribution >= 0.6 is 0 Å². The van der Waals surface area contributed by atoms with Crippen LogP contribution in [-0.2, 0) is 0 Å². The van der Waals surface area contributed by atoms with Crippen molar-refractivity contribution >= 4 is 11.6 Å². The number of carbonyl (C=O) groups is 1. The summed E-state index contributed by atoms with van der Waals surface area (Å²) >= 11 is 0. The van der Waals surface area contributed by atoms with Gasteiger partial charge in [-0.05, 0) is 37.1 Å². The topological polar surface area (TPSA) is 36.7 Å². The third kappa shape index (κ3) is 2.94. The number of likely N-dealkylation sites (N-methyl/N-ethyl adjacent to an activating group) is 1. The highest BCUT2D eigenvalue weighted by molar-refractivity contribution is 5.91. The fourth-order valence-electron chi connectivity index (χ4n) is 2.88. The van der Waals surface area contributed by atoms with E-state index in [-0.39, 0.29) is 11.9 Å². The van der Waals surface area contributed by atoms with Crippen molar-refractivity contribution in [1.82, 2.24) is 4.90 Å². The Bertz CT molecular complexity index is 580. The van der Waals surface area contributed by atoms with Gasteiger partial charge >= 0.3 is 0 Å². The molecule has 1 aromatic heterocycles. The van der Waals surface area contributed by atoms with E-state index in [4.69, 9.17) is 4.42 Å². The minimum Gasteiger partial charge on any atom is -0.459 e. The summed E-state index contributed by atoms with van der Waals surface area (Å²) in [4.78, 5) is 16.5.